The van der Waals surface area contributed by atoms with Gasteiger partial charge in [-0.1, -0.05) is 45.0 Å². The Morgan fingerprint density at radius 2 is 1.73 bits per heavy atom. The Morgan fingerprint density at radius 3 is 2.33 bits per heavy atom. The normalized spacial score (nSPS) is 11.3. The van der Waals surface area contributed by atoms with Crippen molar-refractivity contribution < 1.29 is 4.74 Å². The molecule has 0 aliphatic heterocycles. The second-order valence-electron chi connectivity index (χ2n) is 8.18. The summed E-state index contributed by atoms with van der Waals surface area (Å²) in [5, 5.41) is 6.59. The molecule has 30 heavy (non-hydrogen) atoms. The lowest BCUT2D eigenvalue weighted by Gasteiger charge is -2.21. The van der Waals surface area contributed by atoms with E-state index in [-0.39, 0.29) is 11.0 Å². The third-order valence-electron chi connectivity index (χ3n) is 5.11. The number of aromatic nitrogens is 2. The zero-order valence-corrected chi connectivity index (χ0v) is 19.1. The molecular formula is C23H28N4O2S. The molecule has 0 atom stereocenters. The first-order valence-electron chi connectivity index (χ1n) is 9.74. The van der Waals surface area contributed by atoms with E-state index in [0.717, 1.165) is 22.6 Å². The fourth-order valence-corrected chi connectivity index (χ4v) is 3.46. The Labute approximate surface area is 182 Å². The highest BCUT2D eigenvalue weighted by atomic mass is 32.1. The van der Waals surface area contributed by atoms with Gasteiger partial charge < -0.3 is 15.4 Å². The SMILES string of the molecule is COc1ccc(C(C)(C)C)cc1NC(=S)Nc1c(C)n(C)n(-c2ccccc2)c1=O. The predicted molar refractivity (Wildman–Crippen MR) is 127 cm³/mol. The number of hydrogen-bond acceptors (Lipinski definition) is 3. The first-order chi connectivity index (χ1) is 14.1. The van der Waals surface area contributed by atoms with Gasteiger partial charge in [0.05, 0.1) is 24.2 Å². The summed E-state index contributed by atoms with van der Waals surface area (Å²) < 4.78 is 8.89. The summed E-state index contributed by atoms with van der Waals surface area (Å²) >= 11 is 5.52. The third kappa shape index (κ3) is 4.26. The van der Waals surface area contributed by atoms with Crippen molar-refractivity contribution in [2.75, 3.05) is 17.7 Å². The molecule has 0 fully saturated rings. The van der Waals surface area contributed by atoms with Gasteiger partial charge in [0.1, 0.15) is 11.4 Å². The van der Waals surface area contributed by atoms with Crippen LogP contribution in [-0.2, 0) is 12.5 Å². The number of methoxy groups -OCH3 is 1. The maximum Gasteiger partial charge on any atom is 0.295 e. The summed E-state index contributed by atoms with van der Waals surface area (Å²) in [5.41, 5.74) is 3.72. The van der Waals surface area contributed by atoms with Crippen molar-refractivity contribution in [2.45, 2.75) is 33.1 Å². The van der Waals surface area contributed by atoms with Gasteiger partial charge in [-0.3, -0.25) is 9.48 Å². The fraction of sp³-hybridized carbons (Fsp3) is 0.304. The van der Waals surface area contributed by atoms with Crippen molar-refractivity contribution in [2.24, 2.45) is 7.05 Å². The standard InChI is InChI=1S/C23H28N4O2S/c1-15-20(21(28)27(26(15)5)17-10-8-7-9-11-17)25-22(30)24-18-14-16(23(2,3)4)12-13-19(18)29-6/h7-14H,1-6H3,(H2,24,25,30). The average molecular weight is 425 g/mol. The molecule has 0 unspecified atom stereocenters. The maximum atomic E-state index is 13.1. The highest BCUT2D eigenvalue weighted by Gasteiger charge is 2.19. The molecule has 0 saturated heterocycles. The smallest absolute Gasteiger partial charge is 0.295 e. The van der Waals surface area contributed by atoms with Crippen LogP contribution in [-0.4, -0.2) is 21.6 Å². The lowest BCUT2D eigenvalue weighted by molar-refractivity contribution is 0.416. The molecule has 3 aromatic rings. The van der Waals surface area contributed by atoms with E-state index < -0.39 is 0 Å². The lowest BCUT2D eigenvalue weighted by Crippen LogP contribution is -2.25. The van der Waals surface area contributed by atoms with Crippen LogP contribution in [0, 0.1) is 6.92 Å². The molecule has 0 radical (unpaired) electrons. The van der Waals surface area contributed by atoms with E-state index >= 15 is 0 Å². The molecule has 0 amide bonds. The highest BCUT2D eigenvalue weighted by molar-refractivity contribution is 7.80. The van der Waals surface area contributed by atoms with Crippen molar-refractivity contribution in [1.82, 2.24) is 9.36 Å². The van der Waals surface area contributed by atoms with Crippen molar-refractivity contribution in [3.05, 3.63) is 70.1 Å². The molecule has 158 valence electrons. The first-order valence-corrected chi connectivity index (χ1v) is 10.1. The Bertz CT molecular complexity index is 1120. The number of benzene rings is 2. The monoisotopic (exact) mass is 424 g/mol. The fourth-order valence-electron chi connectivity index (χ4n) is 3.25. The van der Waals surface area contributed by atoms with Crippen molar-refractivity contribution in [1.29, 1.82) is 0 Å². The van der Waals surface area contributed by atoms with Crippen LogP contribution >= 0.6 is 12.2 Å². The van der Waals surface area contributed by atoms with Crippen LogP contribution < -0.4 is 20.9 Å². The largest absolute Gasteiger partial charge is 0.495 e. The van der Waals surface area contributed by atoms with Crippen LogP contribution in [0.3, 0.4) is 0 Å². The van der Waals surface area contributed by atoms with Crippen molar-refractivity contribution in [3.63, 3.8) is 0 Å². The molecule has 1 aromatic heterocycles. The van der Waals surface area contributed by atoms with Crippen LogP contribution in [0.5, 0.6) is 5.75 Å². The van der Waals surface area contributed by atoms with Gasteiger partial charge >= 0.3 is 0 Å². The number of ether oxygens (including phenoxy) is 1. The minimum atomic E-state index is -0.166. The zero-order valence-electron chi connectivity index (χ0n) is 18.2. The van der Waals surface area contributed by atoms with Gasteiger partial charge in [0.25, 0.3) is 5.56 Å². The van der Waals surface area contributed by atoms with Gasteiger partial charge in [0.2, 0.25) is 0 Å². The number of nitrogens with zero attached hydrogens (tertiary/aromatic N) is 2. The maximum absolute atomic E-state index is 13.1. The Morgan fingerprint density at radius 1 is 1.07 bits per heavy atom. The first kappa shape index (κ1) is 21.6. The van der Waals surface area contributed by atoms with Gasteiger partial charge in [0, 0.05) is 7.05 Å². The molecular weight excluding hydrogens is 396 g/mol. The molecule has 2 N–H and O–H groups in total. The molecule has 1 heterocycles. The van der Waals surface area contributed by atoms with E-state index in [0.29, 0.717) is 16.5 Å². The molecule has 0 bridgehead atoms. The van der Waals surface area contributed by atoms with Gasteiger partial charge in [-0.05, 0) is 54.4 Å². The molecule has 0 aliphatic carbocycles. The van der Waals surface area contributed by atoms with E-state index in [1.807, 2.05) is 67.2 Å². The van der Waals surface area contributed by atoms with E-state index in [1.165, 1.54) is 0 Å². The van der Waals surface area contributed by atoms with E-state index in [2.05, 4.69) is 31.4 Å². The lowest BCUT2D eigenvalue weighted by atomic mass is 9.87. The van der Waals surface area contributed by atoms with E-state index in [1.54, 1.807) is 11.8 Å². The van der Waals surface area contributed by atoms with Gasteiger partial charge in [-0.15, -0.1) is 0 Å². The molecule has 2 aromatic carbocycles. The summed E-state index contributed by atoms with van der Waals surface area (Å²) in [5.74, 6) is 0.679. The van der Waals surface area contributed by atoms with Crippen LogP contribution in [0.1, 0.15) is 32.0 Å². The van der Waals surface area contributed by atoms with E-state index in [9.17, 15) is 4.79 Å². The summed E-state index contributed by atoms with van der Waals surface area (Å²) in [6.07, 6.45) is 0. The van der Waals surface area contributed by atoms with Crippen LogP contribution in [0.15, 0.2) is 53.3 Å². The minimum Gasteiger partial charge on any atom is -0.495 e. The molecule has 6 nitrogen and oxygen atoms in total. The number of thiocarbonyl (C=S) groups is 1. The third-order valence-corrected chi connectivity index (χ3v) is 5.31. The summed E-state index contributed by atoms with van der Waals surface area (Å²) in [6.45, 7) is 8.32. The second-order valence-corrected chi connectivity index (χ2v) is 8.59. The number of hydrogen-bond donors (Lipinski definition) is 2. The Balaban J connectivity index is 1.90. The molecule has 0 aliphatic rings. The number of anilines is 2. The topological polar surface area (TPSA) is 60.2 Å². The van der Waals surface area contributed by atoms with Gasteiger partial charge in [0.15, 0.2) is 5.11 Å². The van der Waals surface area contributed by atoms with Crippen molar-refractivity contribution >= 4 is 28.7 Å². The molecule has 0 saturated carbocycles. The zero-order chi connectivity index (χ0) is 22.1. The summed E-state index contributed by atoms with van der Waals surface area (Å²) in [4.78, 5) is 13.1. The van der Waals surface area contributed by atoms with E-state index in [4.69, 9.17) is 17.0 Å². The number of rotatable bonds is 4. The molecule has 7 heteroatoms. The second kappa shape index (κ2) is 8.36. The van der Waals surface area contributed by atoms with Crippen LogP contribution in [0.25, 0.3) is 5.69 Å². The summed E-state index contributed by atoms with van der Waals surface area (Å²) in [6, 6.07) is 15.5. The predicted octanol–water partition coefficient (Wildman–Crippen LogP) is 4.60. The van der Waals surface area contributed by atoms with Crippen LogP contribution in [0.4, 0.5) is 11.4 Å². The summed E-state index contributed by atoms with van der Waals surface area (Å²) in [7, 11) is 3.47. The highest BCUT2D eigenvalue weighted by Crippen LogP contribution is 2.31. The Hall–Kier alpha value is -3.06. The van der Waals surface area contributed by atoms with Crippen molar-refractivity contribution in [3.8, 4) is 11.4 Å². The quantitative estimate of drug-likeness (QED) is 0.600. The number of para-hydroxylation sites is 1. The van der Waals surface area contributed by atoms with Crippen LogP contribution in [0.2, 0.25) is 0 Å². The molecule has 3 rings (SSSR count). The minimum absolute atomic E-state index is 0.0167. The average Bonchev–Trinajstić information content (AvgIpc) is 2.91. The molecule has 0 spiro atoms. The van der Waals surface area contributed by atoms with Gasteiger partial charge in [-0.2, -0.15) is 0 Å². The van der Waals surface area contributed by atoms with Gasteiger partial charge in [-0.25, -0.2) is 4.68 Å². The number of nitrogens with one attached hydrogen (secondary N) is 2. The Kier molecular flexibility index (Phi) is 6.03.